The molecule has 1 fully saturated rings. The summed E-state index contributed by atoms with van der Waals surface area (Å²) in [7, 11) is 0. The van der Waals surface area contributed by atoms with E-state index < -0.39 is 0 Å². The number of hydrogen-bond donors (Lipinski definition) is 1. The van der Waals surface area contributed by atoms with E-state index in [4.69, 9.17) is 4.84 Å². The van der Waals surface area contributed by atoms with Gasteiger partial charge in [-0.05, 0) is 25.0 Å². The van der Waals surface area contributed by atoms with Gasteiger partial charge in [0.1, 0.15) is 5.52 Å². The van der Waals surface area contributed by atoms with Crippen LogP contribution in [0.1, 0.15) is 36.0 Å². The monoisotopic (exact) mass is 257 g/mol. The molecule has 0 unspecified atom stereocenters. The second-order valence-electron chi connectivity index (χ2n) is 4.69. The van der Waals surface area contributed by atoms with Gasteiger partial charge in [0.05, 0.1) is 17.2 Å². The molecule has 1 N–H and O–H groups in total. The Hall–Kier alpha value is -2.01. The average molecular weight is 257 g/mol. The number of benzene rings is 1. The van der Waals surface area contributed by atoms with Crippen LogP contribution in [-0.2, 0) is 4.84 Å². The number of aromatic nitrogens is 2. The van der Waals surface area contributed by atoms with E-state index in [-0.39, 0.29) is 12.0 Å². The quantitative estimate of drug-likeness (QED) is 0.856. The van der Waals surface area contributed by atoms with Crippen LogP contribution in [0.5, 0.6) is 0 Å². The summed E-state index contributed by atoms with van der Waals surface area (Å²) in [4.78, 5) is 25.9. The standard InChI is InChI=1S/C14H15N3O2/c18-14(17-19-10-4-1-2-5-10)11-6-3-7-12-13(11)16-9-8-15-12/h3,6-10H,1-2,4-5H2,(H,17,18). The molecule has 2 aromatic rings. The Morgan fingerprint density at radius 1 is 1.21 bits per heavy atom. The van der Waals surface area contributed by atoms with E-state index >= 15 is 0 Å². The van der Waals surface area contributed by atoms with Crippen molar-refractivity contribution < 1.29 is 9.63 Å². The van der Waals surface area contributed by atoms with Crippen LogP contribution in [0.2, 0.25) is 0 Å². The van der Waals surface area contributed by atoms with Gasteiger partial charge >= 0.3 is 0 Å². The largest absolute Gasteiger partial charge is 0.277 e. The van der Waals surface area contributed by atoms with E-state index in [9.17, 15) is 4.79 Å². The Balaban J connectivity index is 1.77. The first kappa shape index (κ1) is 12.0. The third kappa shape index (κ3) is 2.56. The van der Waals surface area contributed by atoms with Crippen molar-refractivity contribution in [1.82, 2.24) is 15.4 Å². The lowest BCUT2D eigenvalue weighted by molar-refractivity contribution is -0.0124. The SMILES string of the molecule is O=C(NOC1CCCC1)c1cccc2nccnc12. The molecule has 5 heteroatoms. The smallest absolute Gasteiger partial charge is 0.270 e. The fourth-order valence-electron chi connectivity index (χ4n) is 2.37. The van der Waals surface area contributed by atoms with Crippen LogP contribution in [0.3, 0.4) is 0 Å². The predicted molar refractivity (Wildman–Crippen MR) is 70.3 cm³/mol. The fourth-order valence-corrected chi connectivity index (χ4v) is 2.37. The van der Waals surface area contributed by atoms with Gasteiger partial charge in [0, 0.05) is 12.4 Å². The first-order valence-electron chi connectivity index (χ1n) is 6.50. The summed E-state index contributed by atoms with van der Waals surface area (Å²) >= 11 is 0. The summed E-state index contributed by atoms with van der Waals surface area (Å²) in [6.45, 7) is 0. The molecular formula is C14H15N3O2. The number of carbonyl (C=O) groups is 1. The molecule has 0 saturated heterocycles. The maximum atomic E-state index is 12.1. The third-order valence-corrected chi connectivity index (χ3v) is 3.36. The van der Waals surface area contributed by atoms with Crippen molar-refractivity contribution >= 4 is 16.9 Å². The van der Waals surface area contributed by atoms with Crippen molar-refractivity contribution in [1.29, 1.82) is 0 Å². The van der Waals surface area contributed by atoms with Crippen LogP contribution >= 0.6 is 0 Å². The van der Waals surface area contributed by atoms with Gasteiger partial charge < -0.3 is 0 Å². The summed E-state index contributed by atoms with van der Waals surface area (Å²) in [5, 5.41) is 0. The molecular weight excluding hydrogens is 242 g/mol. The first-order chi connectivity index (χ1) is 9.34. The Bertz CT molecular complexity index is 589. The molecule has 1 aromatic carbocycles. The minimum atomic E-state index is -0.266. The number of para-hydroxylation sites is 1. The number of rotatable bonds is 3. The minimum absolute atomic E-state index is 0.144. The maximum Gasteiger partial charge on any atom is 0.277 e. The van der Waals surface area contributed by atoms with Gasteiger partial charge in [0.2, 0.25) is 0 Å². The van der Waals surface area contributed by atoms with Crippen LogP contribution in [-0.4, -0.2) is 22.0 Å². The zero-order valence-corrected chi connectivity index (χ0v) is 10.5. The number of fused-ring (bicyclic) bond motifs is 1. The van der Waals surface area contributed by atoms with Gasteiger partial charge in [-0.25, -0.2) is 5.48 Å². The fraction of sp³-hybridized carbons (Fsp3) is 0.357. The molecule has 19 heavy (non-hydrogen) atoms. The molecule has 5 nitrogen and oxygen atoms in total. The van der Waals surface area contributed by atoms with Crippen molar-refractivity contribution in [2.45, 2.75) is 31.8 Å². The van der Waals surface area contributed by atoms with Crippen LogP contribution in [0, 0.1) is 0 Å². The van der Waals surface area contributed by atoms with E-state index in [0.29, 0.717) is 16.6 Å². The highest BCUT2D eigenvalue weighted by Gasteiger charge is 2.18. The molecule has 0 radical (unpaired) electrons. The summed E-state index contributed by atoms with van der Waals surface area (Å²) in [5.41, 5.74) is 4.32. The summed E-state index contributed by atoms with van der Waals surface area (Å²) in [5.74, 6) is -0.266. The van der Waals surface area contributed by atoms with E-state index in [1.807, 2.05) is 6.07 Å². The molecule has 1 amide bonds. The van der Waals surface area contributed by atoms with E-state index in [1.165, 1.54) is 12.8 Å². The topological polar surface area (TPSA) is 64.1 Å². The second-order valence-corrected chi connectivity index (χ2v) is 4.69. The average Bonchev–Trinajstić information content (AvgIpc) is 2.97. The van der Waals surface area contributed by atoms with E-state index in [0.717, 1.165) is 12.8 Å². The van der Waals surface area contributed by atoms with Crippen LogP contribution in [0.15, 0.2) is 30.6 Å². The lowest BCUT2D eigenvalue weighted by Gasteiger charge is -2.11. The highest BCUT2D eigenvalue weighted by atomic mass is 16.7. The summed E-state index contributed by atoms with van der Waals surface area (Å²) < 4.78 is 0. The predicted octanol–water partition coefficient (Wildman–Crippen LogP) is 2.23. The van der Waals surface area contributed by atoms with Gasteiger partial charge in [-0.1, -0.05) is 18.9 Å². The van der Waals surface area contributed by atoms with Crippen molar-refractivity contribution in [3.8, 4) is 0 Å². The van der Waals surface area contributed by atoms with Crippen molar-refractivity contribution in [3.05, 3.63) is 36.2 Å². The maximum absolute atomic E-state index is 12.1. The molecule has 98 valence electrons. The van der Waals surface area contributed by atoms with Gasteiger partial charge in [0.15, 0.2) is 0 Å². The molecule has 3 rings (SSSR count). The van der Waals surface area contributed by atoms with Gasteiger partial charge in [-0.15, -0.1) is 0 Å². The number of hydrogen-bond acceptors (Lipinski definition) is 4. The van der Waals surface area contributed by atoms with Crippen LogP contribution < -0.4 is 5.48 Å². The molecule has 0 atom stereocenters. The Morgan fingerprint density at radius 2 is 2.00 bits per heavy atom. The molecule has 1 heterocycles. The lowest BCUT2D eigenvalue weighted by Crippen LogP contribution is -2.28. The third-order valence-electron chi connectivity index (χ3n) is 3.36. The highest BCUT2D eigenvalue weighted by molar-refractivity contribution is 6.04. The van der Waals surface area contributed by atoms with E-state index in [1.54, 1.807) is 24.5 Å². The lowest BCUT2D eigenvalue weighted by atomic mass is 10.1. The Kier molecular flexibility index (Phi) is 3.37. The van der Waals surface area contributed by atoms with Crippen LogP contribution in [0.4, 0.5) is 0 Å². The number of nitrogens with zero attached hydrogens (tertiary/aromatic N) is 2. The molecule has 0 bridgehead atoms. The zero-order chi connectivity index (χ0) is 13.1. The molecule has 1 saturated carbocycles. The highest BCUT2D eigenvalue weighted by Crippen LogP contribution is 2.20. The normalized spacial score (nSPS) is 15.8. The van der Waals surface area contributed by atoms with Crippen molar-refractivity contribution in [3.63, 3.8) is 0 Å². The van der Waals surface area contributed by atoms with Crippen molar-refractivity contribution in [2.75, 3.05) is 0 Å². The van der Waals surface area contributed by atoms with Gasteiger partial charge in [-0.2, -0.15) is 0 Å². The van der Waals surface area contributed by atoms with E-state index in [2.05, 4.69) is 15.4 Å². The Labute approximate surface area is 111 Å². The number of carbonyl (C=O) groups excluding carboxylic acids is 1. The molecule has 1 aliphatic carbocycles. The molecule has 1 aliphatic rings. The number of nitrogens with one attached hydrogen (secondary N) is 1. The number of amides is 1. The first-order valence-corrected chi connectivity index (χ1v) is 6.50. The summed E-state index contributed by atoms with van der Waals surface area (Å²) in [6, 6.07) is 5.35. The van der Waals surface area contributed by atoms with Crippen LogP contribution in [0.25, 0.3) is 11.0 Å². The zero-order valence-electron chi connectivity index (χ0n) is 10.5. The molecule has 0 aliphatic heterocycles. The summed E-state index contributed by atoms with van der Waals surface area (Å²) in [6.07, 6.45) is 7.69. The van der Waals surface area contributed by atoms with Crippen molar-refractivity contribution in [2.24, 2.45) is 0 Å². The van der Waals surface area contributed by atoms with Gasteiger partial charge in [0.25, 0.3) is 5.91 Å². The Morgan fingerprint density at radius 3 is 2.84 bits per heavy atom. The molecule has 1 aromatic heterocycles. The second kappa shape index (κ2) is 5.32. The van der Waals surface area contributed by atoms with Gasteiger partial charge in [-0.3, -0.25) is 19.6 Å². The minimum Gasteiger partial charge on any atom is -0.270 e. The molecule has 0 spiro atoms. The number of hydroxylamine groups is 1.